The van der Waals surface area contributed by atoms with Gasteiger partial charge in [-0.2, -0.15) is 0 Å². The van der Waals surface area contributed by atoms with Crippen molar-refractivity contribution in [3.05, 3.63) is 207 Å². The Kier molecular flexibility index (Phi) is 7.72. The molecule has 7 aromatic carbocycles. The fraction of sp³-hybridized carbons (Fsp3) is 0.0392. The highest BCUT2D eigenvalue weighted by Gasteiger charge is 2.42. The van der Waals surface area contributed by atoms with Crippen LogP contribution in [-0.2, 0) is 0 Å². The molecule has 6 heteroatoms. The Balaban J connectivity index is 1.27. The number of hydrogen-bond donors (Lipinski definition) is 0. The minimum absolute atomic E-state index is 0.819. The van der Waals surface area contributed by atoms with Crippen LogP contribution in [0.4, 0.5) is 5.69 Å². The Bertz CT molecular complexity index is 3080. The van der Waals surface area contributed by atoms with Crippen molar-refractivity contribution in [1.29, 1.82) is 0 Å². The first-order chi connectivity index (χ1) is 28.2. The largest absolute Gasteiger partial charge is 0.361 e. The van der Waals surface area contributed by atoms with E-state index in [9.17, 15) is 0 Å². The number of hydrogen-bond acceptors (Lipinski definition) is 3. The summed E-state index contributed by atoms with van der Waals surface area (Å²) in [4.78, 5) is 9.60. The highest BCUT2D eigenvalue weighted by Crippen LogP contribution is 2.41. The van der Waals surface area contributed by atoms with Gasteiger partial charge in [-0.1, -0.05) is 133 Å². The first-order valence-corrected chi connectivity index (χ1v) is 21.5. The summed E-state index contributed by atoms with van der Waals surface area (Å²) in [6, 6.07) is 69.4. The van der Waals surface area contributed by atoms with Crippen molar-refractivity contribution >= 4 is 78.1 Å². The molecule has 10 aromatic rings. The Morgan fingerprint density at radius 2 is 1.11 bits per heavy atom. The first kappa shape index (κ1) is 33.2. The van der Waals surface area contributed by atoms with Crippen LogP contribution in [0.25, 0.3) is 55.1 Å². The Morgan fingerprint density at radius 3 is 1.82 bits per heavy atom. The smallest absolute Gasteiger partial charge is 0.179 e. The average molecular weight is 750 g/mol. The van der Waals surface area contributed by atoms with Crippen LogP contribution in [-0.4, -0.2) is 40.8 Å². The van der Waals surface area contributed by atoms with Crippen LogP contribution in [0.15, 0.2) is 207 Å². The van der Waals surface area contributed by atoms with E-state index in [2.05, 4.69) is 220 Å². The van der Waals surface area contributed by atoms with Gasteiger partial charge in [-0.25, -0.2) is 4.98 Å². The Labute approximate surface area is 332 Å². The summed E-state index contributed by atoms with van der Waals surface area (Å²) >= 11 is 0. The second-order valence-electron chi connectivity index (χ2n) is 15.0. The molecular formula is C51H39N5Si. The molecule has 0 atom stereocenters. The number of fused-ring (bicyclic) bond motifs is 7. The molecule has 11 rings (SSSR count). The van der Waals surface area contributed by atoms with Crippen LogP contribution in [0.1, 0.15) is 0 Å². The van der Waals surface area contributed by atoms with Gasteiger partial charge in [0.2, 0.25) is 0 Å². The number of nitrogens with zero attached hydrogens (tertiary/aromatic N) is 5. The van der Waals surface area contributed by atoms with Crippen LogP contribution in [0.5, 0.6) is 0 Å². The van der Waals surface area contributed by atoms with Gasteiger partial charge >= 0.3 is 0 Å². The predicted molar refractivity (Wildman–Crippen MR) is 241 cm³/mol. The van der Waals surface area contributed by atoms with E-state index in [1.807, 2.05) is 12.3 Å². The average Bonchev–Trinajstić information content (AvgIpc) is 3.97. The standard InChI is InChI=1S/C51H39N5Si/c1-53-32-33-54(36-53)38-18-15-23-41(34-38)57(39-19-7-3-8-20-39,40-21-9-4-10-22-40)42-27-28-43-44-29-30-47-50(51(44)56(48(43)35-42)49-26-13-14-31-52-49)45-24-11-12-25-46(45)55(47)37-16-5-2-6-17-37/h2-35H,36H2,1H3. The summed E-state index contributed by atoms with van der Waals surface area (Å²) in [7, 11) is -0.807. The van der Waals surface area contributed by atoms with Crippen molar-refractivity contribution < 1.29 is 0 Å². The minimum Gasteiger partial charge on any atom is -0.361 e. The van der Waals surface area contributed by atoms with E-state index in [-0.39, 0.29) is 0 Å². The van der Waals surface area contributed by atoms with Crippen molar-refractivity contribution in [1.82, 2.24) is 19.0 Å². The van der Waals surface area contributed by atoms with E-state index in [4.69, 9.17) is 4.98 Å². The zero-order chi connectivity index (χ0) is 37.9. The van der Waals surface area contributed by atoms with Gasteiger partial charge in [-0.3, -0.25) is 4.57 Å². The molecule has 0 fully saturated rings. The molecular weight excluding hydrogens is 711 g/mol. The molecule has 1 aliphatic heterocycles. The predicted octanol–water partition coefficient (Wildman–Crippen LogP) is 8.83. The van der Waals surface area contributed by atoms with E-state index in [1.54, 1.807) is 0 Å². The number of pyridine rings is 1. The van der Waals surface area contributed by atoms with Gasteiger partial charge in [0.1, 0.15) is 5.82 Å². The van der Waals surface area contributed by atoms with Gasteiger partial charge in [-0.15, -0.1) is 0 Å². The molecule has 3 aromatic heterocycles. The molecule has 0 amide bonds. The molecule has 0 unspecified atom stereocenters. The molecule has 0 bridgehead atoms. The summed E-state index contributed by atoms with van der Waals surface area (Å²) in [6.45, 7) is 0.819. The van der Waals surface area contributed by atoms with Gasteiger partial charge < -0.3 is 14.4 Å². The lowest BCUT2D eigenvalue weighted by Crippen LogP contribution is -2.74. The molecule has 1 aliphatic rings. The van der Waals surface area contributed by atoms with Gasteiger partial charge in [-0.05, 0) is 75.3 Å². The van der Waals surface area contributed by atoms with Gasteiger partial charge in [0.15, 0.2) is 8.07 Å². The number of para-hydroxylation sites is 2. The summed E-state index contributed by atoms with van der Waals surface area (Å²) < 4.78 is 4.83. The number of rotatable bonds is 7. The fourth-order valence-electron chi connectivity index (χ4n) is 9.36. The van der Waals surface area contributed by atoms with Crippen LogP contribution in [0.3, 0.4) is 0 Å². The number of anilines is 1. The molecule has 272 valence electrons. The molecule has 57 heavy (non-hydrogen) atoms. The Hall–Kier alpha value is -7.15. The van der Waals surface area contributed by atoms with Crippen LogP contribution >= 0.6 is 0 Å². The molecule has 0 saturated carbocycles. The lowest BCUT2D eigenvalue weighted by molar-refractivity contribution is 0.496. The van der Waals surface area contributed by atoms with Crippen LogP contribution in [0.2, 0.25) is 0 Å². The fourth-order valence-corrected chi connectivity index (χ4v) is 14.1. The van der Waals surface area contributed by atoms with Gasteiger partial charge in [0.05, 0.1) is 28.7 Å². The third-order valence-corrected chi connectivity index (χ3v) is 16.5. The maximum Gasteiger partial charge on any atom is 0.179 e. The molecule has 0 radical (unpaired) electrons. The summed E-state index contributed by atoms with van der Waals surface area (Å²) in [5.74, 6) is 0.900. The van der Waals surface area contributed by atoms with E-state index in [1.165, 1.54) is 64.5 Å². The summed E-state index contributed by atoms with van der Waals surface area (Å²) in [6.07, 6.45) is 6.23. The molecule has 0 spiro atoms. The molecule has 5 nitrogen and oxygen atoms in total. The highest BCUT2D eigenvalue weighted by molar-refractivity contribution is 7.20. The normalized spacial score (nSPS) is 13.1. The maximum absolute atomic E-state index is 5.05. The minimum atomic E-state index is -2.93. The van der Waals surface area contributed by atoms with Gasteiger partial charge in [0, 0.05) is 58.6 Å². The molecule has 4 heterocycles. The van der Waals surface area contributed by atoms with Crippen molar-refractivity contribution in [2.24, 2.45) is 0 Å². The van der Waals surface area contributed by atoms with Crippen molar-refractivity contribution in [3.63, 3.8) is 0 Å². The van der Waals surface area contributed by atoms with E-state index in [0.29, 0.717) is 0 Å². The van der Waals surface area contributed by atoms with Crippen molar-refractivity contribution in [3.8, 4) is 11.5 Å². The first-order valence-electron chi connectivity index (χ1n) is 19.5. The lowest BCUT2D eigenvalue weighted by atomic mass is 10.1. The third-order valence-electron chi connectivity index (χ3n) is 11.8. The zero-order valence-corrected chi connectivity index (χ0v) is 32.6. The molecule has 0 saturated heterocycles. The topological polar surface area (TPSA) is 29.2 Å². The van der Waals surface area contributed by atoms with Crippen LogP contribution < -0.4 is 25.6 Å². The van der Waals surface area contributed by atoms with E-state index >= 15 is 0 Å². The quantitative estimate of drug-likeness (QED) is 0.121. The van der Waals surface area contributed by atoms with Crippen molar-refractivity contribution in [2.75, 3.05) is 18.6 Å². The molecule has 0 aliphatic carbocycles. The highest BCUT2D eigenvalue weighted by atomic mass is 28.3. The number of benzene rings is 7. The van der Waals surface area contributed by atoms with E-state index < -0.39 is 8.07 Å². The SMILES string of the molecule is CN1C=CN(c2cccc([Si](c3ccccc3)(c3ccccc3)c3ccc4c5ccc6c(c7ccccc7n6-c6ccccc6)c5n(-c5ccccn5)c4c3)c2)C1. The third kappa shape index (κ3) is 5.11. The monoisotopic (exact) mass is 749 g/mol. The maximum atomic E-state index is 5.05. The second-order valence-corrected chi connectivity index (χ2v) is 18.8. The number of aromatic nitrogens is 3. The summed E-state index contributed by atoms with van der Waals surface area (Å²) in [5, 5.41) is 10.2. The lowest BCUT2D eigenvalue weighted by Gasteiger charge is -2.35. The molecule has 0 N–H and O–H groups in total. The van der Waals surface area contributed by atoms with Gasteiger partial charge in [0.25, 0.3) is 0 Å². The van der Waals surface area contributed by atoms with Crippen LogP contribution in [0, 0.1) is 0 Å². The van der Waals surface area contributed by atoms with Crippen molar-refractivity contribution in [2.45, 2.75) is 0 Å². The Morgan fingerprint density at radius 1 is 0.456 bits per heavy atom. The van der Waals surface area contributed by atoms with E-state index in [0.717, 1.165) is 23.7 Å². The summed E-state index contributed by atoms with van der Waals surface area (Å²) in [5.41, 5.74) is 7.01. The zero-order valence-electron chi connectivity index (χ0n) is 31.6. The second kappa shape index (κ2) is 13.3.